The summed E-state index contributed by atoms with van der Waals surface area (Å²) < 4.78 is 1.81. The molecule has 2 heterocycles. The van der Waals surface area contributed by atoms with Crippen LogP contribution < -0.4 is 10.6 Å². The molecule has 4 unspecified atom stereocenters. The maximum absolute atomic E-state index is 13.7. The van der Waals surface area contributed by atoms with Crippen LogP contribution in [0, 0.1) is 5.41 Å². The Morgan fingerprint density at radius 3 is 2.29 bits per heavy atom. The lowest BCUT2D eigenvalue weighted by Crippen LogP contribution is -2.79. The molecule has 0 saturated carbocycles. The fourth-order valence-corrected chi connectivity index (χ4v) is 6.87. The maximum Gasteiger partial charge on any atom is 0.325 e. The summed E-state index contributed by atoms with van der Waals surface area (Å²) in [7, 11) is 0.273. The van der Waals surface area contributed by atoms with Crippen LogP contribution in [0.5, 0.6) is 0 Å². The Morgan fingerprint density at radius 1 is 1.13 bits per heavy atom. The average Bonchev–Trinajstić information content (AvgIpc) is 2.89. The molecule has 2 aliphatic heterocycles. The van der Waals surface area contributed by atoms with Crippen LogP contribution in [0.15, 0.2) is 30.3 Å². The van der Waals surface area contributed by atoms with E-state index in [1.165, 1.54) is 16.7 Å². The Bertz CT molecular complexity index is 1100. The number of carbonyl (C=O) groups is 5. The van der Waals surface area contributed by atoms with E-state index in [1.807, 2.05) is 6.92 Å². The fraction of sp³-hybridized carbons (Fsp3) is 0.577. The van der Waals surface area contributed by atoms with E-state index >= 15 is 0 Å². The largest absolute Gasteiger partial charge is 0.361 e. The van der Waals surface area contributed by atoms with Crippen molar-refractivity contribution >= 4 is 51.1 Å². The second kappa shape index (κ2) is 11.5. The molecule has 10 nitrogen and oxygen atoms in total. The molecule has 2 aliphatic rings. The van der Waals surface area contributed by atoms with Crippen molar-refractivity contribution in [3.05, 3.63) is 35.9 Å². The van der Waals surface area contributed by atoms with Crippen LogP contribution in [-0.4, -0.2) is 90.5 Å². The summed E-state index contributed by atoms with van der Waals surface area (Å²) in [5.74, 6) is -2.43. The van der Waals surface area contributed by atoms with Gasteiger partial charge < -0.3 is 20.1 Å². The van der Waals surface area contributed by atoms with Gasteiger partial charge in [-0.2, -0.15) is 0 Å². The normalized spacial score (nSPS) is 23.6. The third kappa shape index (κ3) is 5.61. The molecule has 0 bridgehead atoms. The summed E-state index contributed by atoms with van der Waals surface area (Å²) in [6.45, 7) is 12.8. The number of thioether (sulfide) groups is 1. The van der Waals surface area contributed by atoms with Gasteiger partial charge in [0, 0.05) is 19.6 Å². The van der Waals surface area contributed by atoms with E-state index in [-0.39, 0.29) is 45.7 Å². The molecule has 4 atom stereocenters. The lowest BCUT2D eigenvalue weighted by atomic mass is 9.93. The van der Waals surface area contributed by atoms with Crippen LogP contribution in [0.2, 0.25) is 5.54 Å². The van der Waals surface area contributed by atoms with Gasteiger partial charge in [0.1, 0.15) is 6.04 Å². The summed E-state index contributed by atoms with van der Waals surface area (Å²) in [6, 6.07) is 6.34. The van der Waals surface area contributed by atoms with Crippen molar-refractivity contribution in [2.45, 2.75) is 64.0 Å². The maximum atomic E-state index is 13.7. The quantitative estimate of drug-likeness (QED) is 0.218. The van der Waals surface area contributed by atoms with Crippen molar-refractivity contribution < 1.29 is 24.0 Å². The number of carbonyl (C=O) groups excluding carboxylic acids is 5. The van der Waals surface area contributed by atoms with E-state index in [1.54, 1.807) is 48.1 Å². The van der Waals surface area contributed by atoms with Gasteiger partial charge >= 0.3 is 17.8 Å². The van der Waals surface area contributed by atoms with Gasteiger partial charge in [0.25, 0.3) is 5.91 Å². The first-order chi connectivity index (χ1) is 17.8. The Morgan fingerprint density at radius 2 is 1.76 bits per heavy atom. The number of likely N-dealkylation sites (N-methyl/N-ethyl adjacent to an activating group) is 1. The van der Waals surface area contributed by atoms with Gasteiger partial charge in [0.2, 0.25) is 5.91 Å². The zero-order valence-corrected chi connectivity index (χ0v) is 24.8. The predicted octanol–water partition coefficient (Wildman–Crippen LogP) is 2.01. The van der Waals surface area contributed by atoms with Crippen molar-refractivity contribution in [3.8, 4) is 0 Å². The van der Waals surface area contributed by atoms with Crippen molar-refractivity contribution in [3.63, 3.8) is 0 Å². The van der Waals surface area contributed by atoms with Gasteiger partial charge in [-0.25, -0.2) is 4.79 Å². The van der Waals surface area contributed by atoms with E-state index in [0.717, 1.165) is 4.90 Å². The minimum absolute atomic E-state index is 0.0273. The van der Waals surface area contributed by atoms with Crippen molar-refractivity contribution in [2.75, 3.05) is 25.9 Å². The van der Waals surface area contributed by atoms with Crippen LogP contribution in [0.3, 0.4) is 0 Å². The minimum atomic E-state index is -1.18. The molecule has 38 heavy (non-hydrogen) atoms. The summed E-state index contributed by atoms with van der Waals surface area (Å²) in [5, 5.41) is 5.53. The zero-order chi connectivity index (χ0) is 28.4. The number of imide groups is 1. The Hall–Kier alpha value is -2.86. The lowest BCUT2D eigenvalue weighted by molar-refractivity contribution is -0.153. The number of nitrogens with one attached hydrogen (secondary N) is 2. The molecule has 2 N–H and O–H groups in total. The van der Waals surface area contributed by atoms with Gasteiger partial charge in [-0.3, -0.25) is 24.1 Å². The molecule has 0 aliphatic carbocycles. The highest BCUT2D eigenvalue weighted by atomic mass is 32.2. The molecule has 206 valence electrons. The van der Waals surface area contributed by atoms with Crippen LogP contribution >= 0.6 is 11.8 Å². The van der Waals surface area contributed by atoms with Crippen LogP contribution in [0.4, 0.5) is 4.79 Å². The summed E-state index contributed by atoms with van der Waals surface area (Å²) in [6.07, 6.45) is 1.77. The smallest absolute Gasteiger partial charge is 0.325 e. The highest BCUT2D eigenvalue weighted by Gasteiger charge is 2.60. The van der Waals surface area contributed by atoms with Gasteiger partial charge in [0.05, 0.1) is 6.04 Å². The molecule has 3 rings (SSSR count). The first-order valence-electron chi connectivity index (χ1n) is 12.7. The fourth-order valence-electron chi connectivity index (χ4n) is 4.26. The molecule has 2 saturated heterocycles. The predicted molar refractivity (Wildman–Crippen MR) is 147 cm³/mol. The number of amides is 6. The van der Waals surface area contributed by atoms with Gasteiger partial charge in [-0.05, 0) is 36.6 Å². The van der Waals surface area contributed by atoms with E-state index in [0.29, 0.717) is 12.1 Å². The van der Waals surface area contributed by atoms with E-state index in [2.05, 4.69) is 38.3 Å². The van der Waals surface area contributed by atoms with Crippen molar-refractivity contribution in [2.24, 2.45) is 5.41 Å². The molecule has 1 aromatic carbocycles. The minimum Gasteiger partial charge on any atom is -0.361 e. The van der Waals surface area contributed by atoms with Crippen LogP contribution in [-0.2, 0) is 19.2 Å². The number of hydrogen-bond donors (Lipinski definition) is 2. The first kappa shape index (κ1) is 29.7. The van der Waals surface area contributed by atoms with Crippen LogP contribution in [0.25, 0.3) is 0 Å². The molecule has 0 aromatic heterocycles. The second-order valence-electron chi connectivity index (χ2n) is 10.6. The first-order valence-corrected chi connectivity index (χ1v) is 15.0. The molecule has 12 heteroatoms. The second-order valence-corrected chi connectivity index (χ2v) is 13.3. The molecule has 2 fully saturated rings. The number of piperazine rings is 1. The molecule has 6 amide bonds. The number of β-lactam (4-membered cyclic amide) rings is 1. The Balaban J connectivity index is 1.80. The number of hydrogen-bond acceptors (Lipinski definition) is 6. The summed E-state index contributed by atoms with van der Waals surface area (Å²) >= 11 is 1.26. The Kier molecular flexibility index (Phi) is 8.97. The van der Waals surface area contributed by atoms with Gasteiger partial charge in [-0.15, -0.1) is 11.8 Å². The lowest BCUT2D eigenvalue weighted by Gasteiger charge is -2.55. The highest BCUT2D eigenvalue weighted by Crippen LogP contribution is 2.42. The number of rotatable bonds is 8. The Labute approximate surface area is 231 Å². The monoisotopic (exact) mass is 559 g/mol. The van der Waals surface area contributed by atoms with E-state index < -0.39 is 34.7 Å². The summed E-state index contributed by atoms with van der Waals surface area (Å²) in [4.78, 5) is 66.1. The summed E-state index contributed by atoms with van der Waals surface area (Å²) in [5.41, 5.74) is 0.790. The van der Waals surface area contributed by atoms with E-state index in [4.69, 9.17) is 0 Å². The third-order valence-corrected chi connectivity index (χ3v) is 10.8. The van der Waals surface area contributed by atoms with Crippen molar-refractivity contribution in [1.29, 1.82) is 0 Å². The molecular weight excluding hydrogens is 522 g/mol. The van der Waals surface area contributed by atoms with Gasteiger partial charge in [-0.1, -0.05) is 58.0 Å². The number of urea groups is 1. The molecular formula is C26H37N5O5SSi. The number of nitrogens with zero attached hydrogens (tertiary/aromatic N) is 3. The standard InChI is InChI=1S/C26H37N5O5SSi/c1-8-29-14-15-30(22(34)21(29)33)24(36)27-19(18-12-10-9-11-13-18)20(32)28-26(37-7)16(2)31(23(26)35)38-17(3)25(4,5)6/h9-13,16-17,19H,8,14-15H2,1-7H3,(H,27,36)(H,28,32). The number of benzene rings is 1. The highest BCUT2D eigenvalue weighted by molar-refractivity contribution is 8.00. The van der Waals surface area contributed by atoms with E-state index in [9.17, 15) is 24.0 Å². The SMILES string of the molecule is CCN1CCN(C(=O)NC(C(=O)NC2(SC)C(=O)N([Si]C(C)C(C)(C)C)C2C)c2ccccc2)C(=O)C1=O. The molecule has 2 radical (unpaired) electrons. The third-order valence-electron chi connectivity index (χ3n) is 7.37. The van der Waals surface area contributed by atoms with Gasteiger partial charge in [0.15, 0.2) is 14.6 Å². The molecule has 1 aromatic rings. The topological polar surface area (TPSA) is 119 Å². The molecule has 0 spiro atoms. The van der Waals surface area contributed by atoms with Crippen molar-refractivity contribution in [1.82, 2.24) is 25.0 Å². The average molecular weight is 560 g/mol. The van der Waals surface area contributed by atoms with Crippen LogP contribution in [0.1, 0.15) is 53.1 Å². The zero-order valence-electron chi connectivity index (χ0n) is 23.0.